The second-order valence-corrected chi connectivity index (χ2v) is 6.68. The molecule has 2 fully saturated rings. The van der Waals surface area contributed by atoms with Gasteiger partial charge in [-0.3, -0.25) is 4.79 Å². The molecule has 2 saturated heterocycles. The van der Waals surface area contributed by atoms with E-state index >= 15 is 0 Å². The first-order valence-electron chi connectivity index (χ1n) is 9.35. The van der Waals surface area contributed by atoms with Gasteiger partial charge in [0.2, 0.25) is 5.91 Å². The monoisotopic (exact) mass is 488 g/mol. The van der Waals surface area contributed by atoms with Gasteiger partial charge in [0.05, 0.1) is 24.8 Å². The third-order valence-corrected chi connectivity index (χ3v) is 4.56. The fourth-order valence-electron chi connectivity index (χ4n) is 3.47. The van der Waals surface area contributed by atoms with Gasteiger partial charge in [-0.05, 0) is 38.3 Å². The van der Waals surface area contributed by atoms with E-state index in [1.165, 1.54) is 13.3 Å². The molecule has 0 saturated carbocycles. The van der Waals surface area contributed by atoms with Crippen LogP contribution in [0.4, 0.5) is 5.69 Å². The zero-order valence-corrected chi connectivity index (χ0v) is 18.2. The summed E-state index contributed by atoms with van der Waals surface area (Å²) in [6.07, 6.45) is 4.11. The summed E-state index contributed by atoms with van der Waals surface area (Å²) in [6, 6.07) is 7.70. The SMILES string of the molecule is CCNC(=NCCOc1cccc(NC(C)=O)c1)NC1CC2CCC1O2.I. The Morgan fingerprint density at radius 1 is 1.37 bits per heavy atom. The maximum absolute atomic E-state index is 11.1. The Bertz CT molecular complexity index is 656. The van der Waals surface area contributed by atoms with Gasteiger partial charge in [0.1, 0.15) is 12.4 Å². The van der Waals surface area contributed by atoms with E-state index in [4.69, 9.17) is 9.47 Å². The molecular formula is C19H29IN4O3. The molecule has 1 amide bonds. The predicted octanol–water partition coefficient (Wildman–Crippen LogP) is 2.52. The minimum atomic E-state index is -0.0994. The molecule has 2 bridgehead atoms. The van der Waals surface area contributed by atoms with Crippen LogP contribution in [0.1, 0.15) is 33.1 Å². The average Bonchev–Trinajstić information content (AvgIpc) is 3.21. The van der Waals surface area contributed by atoms with Crippen molar-refractivity contribution in [3.8, 4) is 5.75 Å². The number of fused-ring (bicyclic) bond motifs is 2. The maximum atomic E-state index is 11.1. The molecule has 0 aliphatic carbocycles. The first-order valence-corrected chi connectivity index (χ1v) is 9.35. The molecule has 2 aliphatic rings. The minimum absolute atomic E-state index is 0. The van der Waals surface area contributed by atoms with Gasteiger partial charge in [-0.25, -0.2) is 4.99 Å². The van der Waals surface area contributed by atoms with Gasteiger partial charge in [0, 0.05) is 25.2 Å². The van der Waals surface area contributed by atoms with E-state index < -0.39 is 0 Å². The summed E-state index contributed by atoms with van der Waals surface area (Å²) in [5.74, 6) is 1.42. The zero-order valence-electron chi connectivity index (χ0n) is 15.9. The highest BCUT2D eigenvalue weighted by Crippen LogP contribution is 2.34. The summed E-state index contributed by atoms with van der Waals surface area (Å²) in [5, 5.41) is 9.51. The van der Waals surface area contributed by atoms with Crippen molar-refractivity contribution in [1.29, 1.82) is 0 Å². The first-order chi connectivity index (χ1) is 12.6. The quantitative estimate of drug-likeness (QED) is 0.238. The number of anilines is 1. The number of amides is 1. The van der Waals surface area contributed by atoms with E-state index in [1.54, 1.807) is 6.07 Å². The van der Waals surface area contributed by atoms with Crippen molar-refractivity contribution < 1.29 is 14.3 Å². The van der Waals surface area contributed by atoms with Crippen molar-refractivity contribution in [3.05, 3.63) is 24.3 Å². The molecule has 0 radical (unpaired) electrons. The van der Waals surface area contributed by atoms with Gasteiger partial charge in [-0.15, -0.1) is 24.0 Å². The highest BCUT2D eigenvalue weighted by Gasteiger charge is 2.41. The molecule has 27 heavy (non-hydrogen) atoms. The molecule has 3 atom stereocenters. The highest BCUT2D eigenvalue weighted by molar-refractivity contribution is 14.0. The van der Waals surface area contributed by atoms with Gasteiger partial charge in [-0.2, -0.15) is 0 Å². The topological polar surface area (TPSA) is 84.0 Å². The van der Waals surface area contributed by atoms with Gasteiger partial charge < -0.3 is 25.4 Å². The van der Waals surface area contributed by atoms with Crippen LogP contribution < -0.4 is 20.7 Å². The number of nitrogens with one attached hydrogen (secondary N) is 3. The lowest BCUT2D eigenvalue weighted by Gasteiger charge is -2.22. The number of carbonyl (C=O) groups excluding carboxylic acids is 1. The molecule has 1 aromatic rings. The fourth-order valence-corrected chi connectivity index (χ4v) is 3.47. The summed E-state index contributed by atoms with van der Waals surface area (Å²) in [7, 11) is 0. The Morgan fingerprint density at radius 3 is 2.89 bits per heavy atom. The first kappa shape index (κ1) is 21.7. The second-order valence-electron chi connectivity index (χ2n) is 6.68. The third-order valence-electron chi connectivity index (χ3n) is 4.56. The molecule has 2 heterocycles. The number of guanidine groups is 1. The summed E-state index contributed by atoms with van der Waals surface area (Å²) in [6.45, 7) is 5.36. The fraction of sp³-hybridized carbons (Fsp3) is 0.579. The highest BCUT2D eigenvalue weighted by atomic mass is 127. The van der Waals surface area contributed by atoms with Crippen LogP contribution in [0.5, 0.6) is 5.75 Å². The Hall–Kier alpha value is -1.55. The number of rotatable bonds is 7. The van der Waals surface area contributed by atoms with Crippen molar-refractivity contribution in [2.75, 3.05) is 25.0 Å². The lowest BCUT2D eigenvalue weighted by atomic mass is 9.96. The van der Waals surface area contributed by atoms with Crippen LogP contribution >= 0.6 is 24.0 Å². The minimum Gasteiger partial charge on any atom is -0.492 e. The van der Waals surface area contributed by atoms with E-state index in [0.717, 1.165) is 31.0 Å². The Balaban J connectivity index is 0.00000261. The molecule has 1 aromatic carbocycles. The summed E-state index contributed by atoms with van der Waals surface area (Å²) in [4.78, 5) is 15.7. The van der Waals surface area contributed by atoms with E-state index in [1.807, 2.05) is 18.2 Å². The normalized spacial score (nSPS) is 23.5. The molecule has 2 aliphatic heterocycles. The Morgan fingerprint density at radius 2 is 2.22 bits per heavy atom. The van der Waals surface area contributed by atoms with Crippen LogP contribution in [0, 0.1) is 0 Å². The van der Waals surface area contributed by atoms with E-state index in [-0.39, 0.29) is 29.9 Å². The smallest absolute Gasteiger partial charge is 0.221 e. The number of hydrogen-bond acceptors (Lipinski definition) is 4. The number of nitrogens with zero attached hydrogens (tertiary/aromatic N) is 1. The van der Waals surface area contributed by atoms with Gasteiger partial charge in [0.15, 0.2) is 5.96 Å². The molecule has 3 unspecified atom stereocenters. The number of benzene rings is 1. The molecule has 3 N–H and O–H groups in total. The Kier molecular flexibility index (Phi) is 8.62. The number of carbonyl (C=O) groups is 1. The summed E-state index contributed by atoms with van der Waals surface area (Å²) in [5.41, 5.74) is 0.727. The van der Waals surface area contributed by atoms with Crippen LogP contribution in [0.3, 0.4) is 0 Å². The van der Waals surface area contributed by atoms with Crippen LogP contribution in [0.25, 0.3) is 0 Å². The molecule has 150 valence electrons. The lowest BCUT2D eigenvalue weighted by molar-refractivity contribution is -0.114. The van der Waals surface area contributed by atoms with Gasteiger partial charge in [0.25, 0.3) is 0 Å². The van der Waals surface area contributed by atoms with Gasteiger partial charge in [-0.1, -0.05) is 6.07 Å². The standard InChI is InChI=1S/C19H28N4O3.HI/c1-3-20-19(23-17-12-16-7-8-18(17)26-16)21-9-10-25-15-6-4-5-14(11-15)22-13(2)24;/h4-6,11,16-18H,3,7-10,12H2,1-2H3,(H,22,24)(H2,20,21,23);1H. The number of aliphatic imine (C=N–C) groups is 1. The molecule has 3 rings (SSSR count). The number of halogens is 1. The van der Waals surface area contributed by atoms with Crippen LogP contribution in [-0.4, -0.2) is 49.8 Å². The number of ether oxygens (including phenoxy) is 2. The molecular weight excluding hydrogens is 459 g/mol. The van der Waals surface area contributed by atoms with Crippen LogP contribution in [0.15, 0.2) is 29.3 Å². The van der Waals surface area contributed by atoms with Crippen LogP contribution in [0.2, 0.25) is 0 Å². The number of hydrogen-bond donors (Lipinski definition) is 3. The molecule has 8 heteroatoms. The van der Waals surface area contributed by atoms with Gasteiger partial charge >= 0.3 is 0 Å². The van der Waals surface area contributed by atoms with Crippen molar-refractivity contribution in [2.24, 2.45) is 4.99 Å². The van der Waals surface area contributed by atoms with Crippen molar-refractivity contribution in [3.63, 3.8) is 0 Å². The van der Waals surface area contributed by atoms with Crippen LogP contribution in [-0.2, 0) is 9.53 Å². The zero-order chi connectivity index (χ0) is 18.4. The maximum Gasteiger partial charge on any atom is 0.221 e. The molecule has 7 nitrogen and oxygen atoms in total. The predicted molar refractivity (Wildman–Crippen MR) is 117 cm³/mol. The molecule has 0 aromatic heterocycles. The third kappa shape index (κ3) is 6.53. The van der Waals surface area contributed by atoms with Crippen molar-refractivity contribution >= 4 is 41.5 Å². The molecule has 0 spiro atoms. The largest absolute Gasteiger partial charge is 0.492 e. The lowest BCUT2D eigenvalue weighted by Crippen LogP contribution is -2.47. The van der Waals surface area contributed by atoms with Crippen molar-refractivity contribution in [1.82, 2.24) is 10.6 Å². The summed E-state index contributed by atoms with van der Waals surface area (Å²) >= 11 is 0. The van der Waals surface area contributed by atoms with E-state index in [9.17, 15) is 4.79 Å². The Labute approximate surface area is 177 Å². The van der Waals surface area contributed by atoms with E-state index in [0.29, 0.717) is 37.2 Å². The van der Waals surface area contributed by atoms with E-state index in [2.05, 4.69) is 27.9 Å². The summed E-state index contributed by atoms with van der Waals surface area (Å²) < 4.78 is 11.6. The average molecular weight is 488 g/mol. The van der Waals surface area contributed by atoms with Crippen molar-refractivity contribution in [2.45, 2.75) is 51.4 Å². The second kappa shape index (κ2) is 10.7.